The average Bonchev–Trinajstić information content (AvgIpc) is 2.63. The van der Waals surface area contributed by atoms with E-state index >= 15 is 0 Å². The molecule has 0 radical (unpaired) electrons. The Balaban J connectivity index is 2.04. The molecule has 1 atom stereocenters. The van der Waals surface area contributed by atoms with Gasteiger partial charge in [0.25, 0.3) is 0 Å². The third-order valence-corrected chi connectivity index (χ3v) is 4.71. The lowest BCUT2D eigenvalue weighted by Crippen LogP contribution is -2.25. The topological polar surface area (TPSA) is 61.3 Å². The van der Waals surface area contributed by atoms with Gasteiger partial charge in [-0.25, -0.2) is 0 Å². The Morgan fingerprint density at radius 2 is 1.71 bits per heavy atom. The first-order chi connectivity index (χ1) is 11.7. The van der Waals surface area contributed by atoms with E-state index in [1.54, 1.807) is 0 Å². The van der Waals surface area contributed by atoms with Crippen molar-refractivity contribution in [2.45, 2.75) is 39.2 Å². The van der Waals surface area contributed by atoms with Crippen molar-refractivity contribution in [3.05, 3.63) is 65.2 Å². The molecule has 2 aromatic carbocycles. The summed E-state index contributed by atoms with van der Waals surface area (Å²) >= 11 is 0. The van der Waals surface area contributed by atoms with E-state index in [4.69, 9.17) is 16.2 Å². The summed E-state index contributed by atoms with van der Waals surface area (Å²) in [7, 11) is 0. The van der Waals surface area contributed by atoms with Gasteiger partial charge in [-0.2, -0.15) is 0 Å². The molecule has 0 heterocycles. The highest BCUT2D eigenvalue weighted by molar-refractivity contribution is 5.37. The van der Waals surface area contributed by atoms with Crippen LogP contribution in [0, 0.1) is 12.8 Å². The number of hydrogen-bond acceptors (Lipinski definition) is 3. The fourth-order valence-corrected chi connectivity index (χ4v) is 3.14. The summed E-state index contributed by atoms with van der Waals surface area (Å²) < 4.78 is 5.92. The first-order valence-corrected chi connectivity index (χ1v) is 8.85. The molecule has 2 rings (SSSR count). The molecule has 0 saturated heterocycles. The lowest BCUT2D eigenvalue weighted by atomic mass is 9.85. The highest BCUT2D eigenvalue weighted by Crippen LogP contribution is 2.31. The molecule has 0 aliphatic heterocycles. The summed E-state index contributed by atoms with van der Waals surface area (Å²) in [5.74, 6) is 1.82. The lowest BCUT2D eigenvalue weighted by Gasteiger charge is -2.23. The summed E-state index contributed by atoms with van der Waals surface area (Å²) in [4.78, 5) is 0. The maximum Gasteiger partial charge on any atom is 0.120 e. The Hall–Kier alpha value is -1.84. The second kappa shape index (κ2) is 9.45. The van der Waals surface area contributed by atoms with Crippen LogP contribution >= 0.6 is 0 Å². The van der Waals surface area contributed by atoms with Crippen molar-refractivity contribution in [3.63, 3.8) is 0 Å². The first kappa shape index (κ1) is 18.5. The molecule has 0 bridgehead atoms. The van der Waals surface area contributed by atoms with Crippen molar-refractivity contribution in [2.75, 3.05) is 13.1 Å². The van der Waals surface area contributed by atoms with Crippen molar-refractivity contribution < 1.29 is 4.74 Å². The summed E-state index contributed by atoms with van der Waals surface area (Å²) in [5, 5.41) is 0. The molecule has 130 valence electrons. The first-order valence-electron chi connectivity index (χ1n) is 8.85. The van der Waals surface area contributed by atoms with Crippen LogP contribution in [-0.4, -0.2) is 13.1 Å². The van der Waals surface area contributed by atoms with E-state index in [1.807, 2.05) is 18.2 Å². The van der Waals surface area contributed by atoms with Crippen LogP contribution in [0.4, 0.5) is 0 Å². The fraction of sp³-hybridized carbons (Fsp3) is 0.429. The van der Waals surface area contributed by atoms with Gasteiger partial charge >= 0.3 is 0 Å². The molecule has 0 amide bonds. The summed E-state index contributed by atoms with van der Waals surface area (Å²) in [6, 6.07) is 16.7. The van der Waals surface area contributed by atoms with Gasteiger partial charge in [0.1, 0.15) is 12.4 Å². The highest BCUT2D eigenvalue weighted by Gasteiger charge is 2.17. The minimum atomic E-state index is 0.392. The minimum absolute atomic E-state index is 0.392. The average molecular weight is 326 g/mol. The second-order valence-electron chi connectivity index (χ2n) is 6.47. The van der Waals surface area contributed by atoms with Crippen molar-refractivity contribution in [1.29, 1.82) is 0 Å². The van der Waals surface area contributed by atoms with Crippen LogP contribution in [0.15, 0.2) is 48.5 Å². The molecule has 1 unspecified atom stereocenters. The van der Waals surface area contributed by atoms with Crippen LogP contribution in [-0.2, 0) is 6.61 Å². The Labute approximate surface area is 146 Å². The van der Waals surface area contributed by atoms with Crippen LogP contribution in [0.25, 0.3) is 0 Å². The quantitative estimate of drug-likeness (QED) is 0.732. The number of hydrogen-bond donors (Lipinski definition) is 2. The van der Waals surface area contributed by atoms with Gasteiger partial charge in [0.15, 0.2) is 0 Å². The van der Waals surface area contributed by atoms with Crippen LogP contribution in [0.3, 0.4) is 0 Å². The normalized spacial score (nSPS) is 12.4. The van der Waals surface area contributed by atoms with E-state index in [0.717, 1.165) is 18.6 Å². The molecule has 0 fully saturated rings. The summed E-state index contributed by atoms with van der Waals surface area (Å²) in [6.07, 6.45) is 2.15. The Bertz CT molecular complexity index is 608. The summed E-state index contributed by atoms with van der Waals surface area (Å²) in [6.45, 7) is 6.30. The minimum Gasteiger partial charge on any atom is -0.489 e. The van der Waals surface area contributed by atoms with Gasteiger partial charge in [-0.15, -0.1) is 0 Å². The number of benzene rings is 2. The SMILES string of the molecule is CCC(CC(CN)CN)c1ccc(OCc2ccccc2)cc1C. The fourth-order valence-electron chi connectivity index (χ4n) is 3.14. The maximum atomic E-state index is 5.92. The molecule has 0 aliphatic rings. The number of ether oxygens (including phenoxy) is 1. The molecule has 2 aromatic rings. The zero-order chi connectivity index (χ0) is 17.4. The molecule has 3 nitrogen and oxygen atoms in total. The predicted octanol–water partition coefficient (Wildman–Crippen LogP) is 3.99. The third kappa shape index (κ3) is 5.08. The van der Waals surface area contributed by atoms with E-state index in [9.17, 15) is 0 Å². The van der Waals surface area contributed by atoms with Gasteiger partial charge in [0.2, 0.25) is 0 Å². The van der Waals surface area contributed by atoms with E-state index in [1.165, 1.54) is 16.7 Å². The van der Waals surface area contributed by atoms with Crippen molar-refractivity contribution in [2.24, 2.45) is 17.4 Å². The van der Waals surface area contributed by atoms with Gasteiger partial charge in [0, 0.05) is 0 Å². The largest absolute Gasteiger partial charge is 0.489 e. The zero-order valence-corrected chi connectivity index (χ0v) is 14.9. The van der Waals surface area contributed by atoms with Crippen LogP contribution in [0.5, 0.6) is 5.75 Å². The van der Waals surface area contributed by atoms with E-state index < -0.39 is 0 Å². The van der Waals surface area contributed by atoms with Crippen molar-refractivity contribution >= 4 is 0 Å². The van der Waals surface area contributed by atoms with E-state index in [0.29, 0.717) is 31.5 Å². The smallest absolute Gasteiger partial charge is 0.120 e. The monoisotopic (exact) mass is 326 g/mol. The number of nitrogens with two attached hydrogens (primary N) is 2. The lowest BCUT2D eigenvalue weighted by molar-refractivity contribution is 0.306. The molecule has 0 saturated carbocycles. The van der Waals surface area contributed by atoms with Crippen LogP contribution < -0.4 is 16.2 Å². The van der Waals surface area contributed by atoms with Gasteiger partial charge in [0.05, 0.1) is 0 Å². The zero-order valence-electron chi connectivity index (χ0n) is 14.9. The molecule has 0 aromatic heterocycles. The predicted molar refractivity (Wildman–Crippen MR) is 101 cm³/mol. The Morgan fingerprint density at radius 1 is 1.00 bits per heavy atom. The van der Waals surface area contributed by atoms with E-state index in [-0.39, 0.29) is 0 Å². The number of rotatable bonds is 9. The van der Waals surface area contributed by atoms with E-state index in [2.05, 4.69) is 44.2 Å². The second-order valence-corrected chi connectivity index (χ2v) is 6.47. The van der Waals surface area contributed by atoms with Gasteiger partial charge < -0.3 is 16.2 Å². The Kier molecular flexibility index (Phi) is 7.29. The summed E-state index contributed by atoms with van der Waals surface area (Å²) in [5.41, 5.74) is 15.5. The molecule has 3 heteroatoms. The van der Waals surface area contributed by atoms with Crippen LogP contribution in [0.2, 0.25) is 0 Å². The molecule has 0 aliphatic carbocycles. The van der Waals surface area contributed by atoms with Gasteiger partial charge in [-0.05, 0) is 73.5 Å². The molecular weight excluding hydrogens is 296 g/mol. The molecule has 0 spiro atoms. The third-order valence-electron chi connectivity index (χ3n) is 4.71. The molecular formula is C21H30N2O. The standard InChI is InChI=1S/C21H30N2O/c1-3-19(12-18(13-22)14-23)21-10-9-20(11-16(21)2)24-15-17-7-5-4-6-8-17/h4-11,18-19H,3,12-15,22-23H2,1-2H3. The number of aryl methyl sites for hydroxylation is 1. The van der Waals surface area contributed by atoms with Crippen LogP contribution in [0.1, 0.15) is 42.4 Å². The van der Waals surface area contributed by atoms with Crippen molar-refractivity contribution in [3.8, 4) is 5.75 Å². The Morgan fingerprint density at radius 3 is 2.29 bits per heavy atom. The molecule has 24 heavy (non-hydrogen) atoms. The maximum absolute atomic E-state index is 5.92. The van der Waals surface area contributed by atoms with Crippen molar-refractivity contribution in [1.82, 2.24) is 0 Å². The van der Waals surface area contributed by atoms with Gasteiger partial charge in [-0.1, -0.05) is 43.3 Å². The highest BCUT2D eigenvalue weighted by atomic mass is 16.5. The van der Waals surface area contributed by atoms with Gasteiger partial charge in [-0.3, -0.25) is 0 Å². The molecule has 4 N–H and O–H groups in total.